The van der Waals surface area contributed by atoms with Crippen molar-refractivity contribution >= 4 is 5.91 Å². The van der Waals surface area contributed by atoms with Crippen LogP contribution in [-0.4, -0.2) is 81.2 Å². The summed E-state index contributed by atoms with van der Waals surface area (Å²) in [5, 5.41) is 4.74. The molecule has 0 aliphatic carbocycles. The van der Waals surface area contributed by atoms with Crippen molar-refractivity contribution < 1.29 is 4.79 Å². The van der Waals surface area contributed by atoms with Gasteiger partial charge in [0, 0.05) is 69.3 Å². The van der Waals surface area contributed by atoms with E-state index in [1.54, 1.807) is 0 Å². The summed E-state index contributed by atoms with van der Waals surface area (Å²) in [6, 6.07) is 4.01. The molecule has 1 saturated heterocycles. The molecule has 4 heterocycles. The summed E-state index contributed by atoms with van der Waals surface area (Å²) in [5.41, 5.74) is 4.38. The third kappa shape index (κ3) is 4.04. The summed E-state index contributed by atoms with van der Waals surface area (Å²) in [4.78, 5) is 23.6. The number of piperazine rings is 1. The lowest BCUT2D eigenvalue weighted by Gasteiger charge is -2.35. The summed E-state index contributed by atoms with van der Waals surface area (Å²) in [5.74, 6) is 0.256. The summed E-state index contributed by atoms with van der Waals surface area (Å²) in [7, 11) is 0. The molecule has 0 bridgehead atoms. The van der Waals surface area contributed by atoms with E-state index in [0.29, 0.717) is 6.54 Å². The Kier molecular flexibility index (Phi) is 5.22. The van der Waals surface area contributed by atoms with Crippen molar-refractivity contribution in [3.63, 3.8) is 0 Å². The van der Waals surface area contributed by atoms with Gasteiger partial charge in [-0.3, -0.25) is 14.7 Å². The fourth-order valence-electron chi connectivity index (χ4n) is 3.92. The Labute approximate surface area is 160 Å². The zero-order valence-corrected chi connectivity index (χ0v) is 16.3. The maximum Gasteiger partial charge on any atom is 0.236 e. The first kappa shape index (κ1) is 18.1. The Hall–Kier alpha value is -2.25. The quantitative estimate of drug-likeness (QED) is 0.809. The van der Waals surface area contributed by atoms with Crippen molar-refractivity contribution in [1.82, 2.24) is 29.5 Å². The minimum atomic E-state index is 0.256. The van der Waals surface area contributed by atoms with Crippen molar-refractivity contribution in [3.05, 3.63) is 41.5 Å². The molecule has 1 amide bonds. The molecule has 2 aromatic rings. The third-order valence-corrected chi connectivity index (χ3v) is 5.61. The first-order chi connectivity index (χ1) is 13.1. The number of carbonyl (C=O) groups excluding carboxylic acids is 1. The van der Waals surface area contributed by atoms with Gasteiger partial charge in [0.15, 0.2) is 0 Å². The van der Waals surface area contributed by atoms with Gasteiger partial charge in [-0.15, -0.1) is 0 Å². The minimum absolute atomic E-state index is 0.256. The molecule has 0 unspecified atom stereocenters. The van der Waals surface area contributed by atoms with Crippen LogP contribution in [0.5, 0.6) is 0 Å². The molecule has 4 rings (SSSR count). The Morgan fingerprint density at radius 1 is 1.15 bits per heavy atom. The molecule has 0 aromatic carbocycles. The number of nitrogens with zero attached hydrogens (tertiary/aromatic N) is 6. The van der Waals surface area contributed by atoms with Crippen molar-refractivity contribution in [2.45, 2.75) is 26.8 Å². The van der Waals surface area contributed by atoms with Crippen molar-refractivity contribution in [2.75, 3.05) is 45.8 Å². The Morgan fingerprint density at radius 2 is 1.96 bits per heavy atom. The highest BCUT2D eigenvalue weighted by atomic mass is 16.2. The Morgan fingerprint density at radius 3 is 2.70 bits per heavy atom. The largest absolute Gasteiger partial charge is 0.339 e. The number of amides is 1. The van der Waals surface area contributed by atoms with Gasteiger partial charge in [0.05, 0.1) is 17.9 Å². The smallest absolute Gasteiger partial charge is 0.236 e. The monoisotopic (exact) mass is 368 g/mol. The summed E-state index contributed by atoms with van der Waals surface area (Å²) in [6.07, 6.45) is 4.80. The Bertz CT molecular complexity index is 809. The van der Waals surface area contributed by atoms with E-state index < -0.39 is 0 Å². The van der Waals surface area contributed by atoms with E-state index in [2.05, 4.69) is 27.9 Å². The first-order valence-electron chi connectivity index (χ1n) is 9.85. The molecule has 2 aliphatic rings. The normalized spacial score (nSPS) is 18.5. The second-order valence-corrected chi connectivity index (χ2v) is 7.48. The number of rotatable bonds is 4. The lowest BCUT2D eigenvalue weighted by Crippen LogP contribution is -2.51. The molecule has 144 valence electrons. The molecule has 0 saturated carbocycles. The zero-order valence-electron chi connectivity index (χ0n) is 16.3. The highest BCUT2D eigenvalue weighted by Gasteiger charge is 2.25. The average Bonchev–Trinajstić information content (AvgIpc) is 3.11. The van der Waals surface area contributed by atoms with E-state index in [-0.39, 0.29) is 5.91 Å². The third-order valence-electron chi connectivity index (χ3n) is 5.61. The lowest BCUT2D eigenvalue weighted by atomic mass is 10.1. The summed E-state index contributed by atoms with van der Waals surface area (Å²) in [6.45, 7) is 11.1. The van der Waals surface area contributed by atoms with Crippen LogP contribution in [0.15, 0.2) is 24.5 Å². The summed E-state index contributed by atoms with van der Waals surface area (Å²) >= 11 is 0. The number of fused-ring (bicyclic) bond motifs is 1. The van der Waals surface area contributed by atoms with Crippen LogP contribution in [-0.2, 0) is 17.8 Å². The average molecular weight is 368 g/mol. The van der Waals surface area contributed by atoms with E-state index in [9.17, 15) is 4.79 Å². The fourth-order valence-corrected chi connectivity index (χ4v) is 3.92. The number of aromatic nitrogens is 3. The standard InChI is InChI=1S/C20H28N6O/c1-3-23-8-10-25(11-9-23)20(27)15-24-7-5-19-17(13-24)14-26(22-19)18-4-6-21-16(2)12-18/h4,6,12,14H,3,5,7-11,13,15H2,1-2H3. The number of aryl methyl sites for hydroxylation is 1. The summed E-state index contributed by atoms with van der Waals surface area (Å²) < 4.78 is 1.94. The second-order valence-electron chi connectivity index (χ2n) is 7.48. The van der Waals surface area contributed by atoms with Crippen LogP contribution >= 0.6 is 0 Å². The molecular formula is C20H28N6O. The molecule has 0 atom stereocenters. The highest BCUT2D eigenvalue weighted by Crippen LogP contribution is 2.20. The molecule has 0 N–H and O–H groups in total. The maximum absolute atomic E-state index is 12.7. The van der Waals surface area contributed by atoms with Gasteiger partial charge in [-0.05, 0) is 25.6 Å². The number of hydrogen-bond acceptors (Lipinski definition) is 5. The van der Waals surface area contributed by atoms with E-state index in [0.717, 1.165) is 69.3 Å². The van der Waals surface area contributed by atoms with Crippen LogP contribution in [0, 0.1) is 6.92 Å². The molecule has 0 spiro atoms. The van der Waals surface area contributed by atoms with Gasteiger partial charge in [-0.25, -0.2) is 4.68 Å². The number of likely N-dealkylation sites (N-methyl/N-ethyl adjacent to an activating group) is 1. The SMILES string of the molecule is CCN1CCN(C(=O)CN2CCc3nn(-c4ccnc(C)c4)cc3C2)CC1. The molecule has 7 heteroatoms. The van der Waals surface area contributed by atoms with Crippen LogP contribution in [0.3, 0.4) is 0 Å². The van der Waals surface area contributed by atoms with Gasteiger partial charge in [-0.2, -0.15) is 5.10 Å². The highest BCUT2D eigenvalue weighted by molar-refractivity contribution is 5.78. The molecule has 0 radical (unpaired) electrons. The zero-order chi connectivity index (χ0) is 18.8. The van der Waals surface area contributed by atoms with Gasteiger partial charge in [0.2, 0.25) is 5.91 Å². The van der Waals surface area contributed by atoms with Crippen LogP contribution in [0.4, 0.5) is 0 Å². The predicted molar refractivity (Wildman–Crippen MR) is 104 cm³/mol. The van der Waals surface area contributed by atoms with E-state index >= 15 is 0 Å². The van der Waals surface area contributed by atoms with Crippen molar-refractivity contribution in [2.24, 2.45) is 0 Å². The van der Waals surface area contributed by atoms with Crippen LogP contribution in [0.25, 0.3) is 5.69 Å². The van der Waals surface area contributed by atoms with Gasteiger partial charge < -0.3 is 9.80 Å². The molecule has 2 aliphatic heterocycles. The number of carbonyl (C=O) groups is 1. The maximum atomic E-state index is 12.7. The van der Waals surface area contributed by atoms with Gasteiger partial charge in [0.1, 0.15) is 0 Å². The lowest BCUT2D eigenvalue weighted by molar-refractivity contribution is -0.134. The first-order valence-corrected chi connectivity index (χ1v) is 9.85. The van der Waals surface area contributed by atoms with Gasteiger partial charge >= 0.3 is 0 Å². The molecule has 1 fully saturated rings. The van der Waals surface area contributed by atoms with Crippen LogP contribution in [0.2, 0.25) is 0 Å². The Balaban J connectivity index is 1.38. The second kappa shape index (κ2) is 7.78. The fraction of sp³-hybridized carbons (Fsp3) is 0.550. The van der Waals surface area contributed by atoms with Crippen molar-refractivity contribution in [3.8, 4) is 5.69 Å². The van der Waals surface area contributed by atoms with E-state index in [1.165, 1.54) is 5.56 Å². The minimum Gasteiger partial charge on any atom is -0.339 e. The van der Waals surface area contributed by atoms with Crippen molar-refractivity contribution in [1.29, 1.82) is 0 Å². The molecule has 2 aromatic heterocycles. The van der Waals surface area contributed by atoms with E-state index in [4.69, 9.17) is 5.10 Å². The topological polar surface area (TPSA) is 57.5 Å². The van der Waals surface area contributed by atoms with Crippen LogP contribution in [0.1, 0.15) is 23.9 Å². The van der Waals surface area contributed by atoms with Crippen LogP contribution < -0.4 is 0 Å². The predicted octanol–water partition coefficient (Wildman–Crippen LogP) is 1.10. The number of hydrogen-bond donors (Lipinski definition) is 0. The molecule has 27 heavy (non-hydrogen) atoms. The number of pyridine rings is 1. The molecular weight excluding hydrogens is 340 g/mol. The van der Waals surface area contributed by atoms with Gasteiger partial charge in [0.25, 0.3) is 0 Å². The molecule has 7 nitrogen and oxygen atoms in total. The van der Waals surface area contributed by atoms with E-state index in [1.807, 2.05) is 34.8 Å². The van der Waals surface area contributed by atoms with Gasteiger partial charge in [-0.1, -0.05) is 6.92 Å².